The Labute approximate surface area is 119 Å². The fraction of sp³-hybridized carbons (Fsp3) is 0.214. The molecule has 0 aliphatic rings. The van der Waals surface area contributed by atoms with E-state index in [0.29, 0.717) is 13.0 Å². The van der Waals surface area contributed by atoms with E-state index in [1.54, 1.807) is 43.7 Å². The van der Waals surface area contributed by atoms with Crippen molar-refractivity contribution in [1.29, 1.82) is 0 Å². The predicted molar refractivity (Wildman–Crippen MR) is 79.1 cm³/mol. The van der Waals surface area contributed by atoms with Crippen LogP contribution in [0, 0.1) is 0 Å². The number of rotatable bonds is 6. The van der Waals surface area contributed by atoms with Gasteiger partial charge in [0.25, 0.3) is 0 Å². The molecule has 2 aromatic rings. The van der Waals surface area contributed by atoms with E-state index in [-0.39, 0.29) is 4.90 Å². The first-order valence-electron chi connectivity index (χ1n) is 6.28. The molecule has 2 N–H and O–H groups in total. The first-order valence-corrected chi connectivity index (χ1v) is 7.76. The number of hydrogen-bond acceptors (Lipinski definition) is 4. The topological polar surface area (TPSA) is 71.1 Å². The summed E-state index contributed by atoms with van der Waals surface area (Å²) < 4.78 is 26.7. The van der Waals surface area contributed by atoms with E-state index in [4.69, 9.17) is 0 Å². The quantitative estimate of drug-likeness (QED) is 0.849. The SMILES string of the molecule is CNc1ccc(S(=O)(=O)NCCc2cccnc2)cc1. The summed E-state index contributed by atoms with van der Waals surface area (Å²) >= 11 is 0. The summed E-state index contributed by atoms with van der Waals surface area (Å²) in [4.78, 5) is 4.26. The lowest BCUT2D eigenvalue weighted by Crippen LogP contribution is -2.26. The second-order valence-corrected chi connectivity index (χ2v) is 6.05. The van der Waals surface area contributed by atoms with Crippen LogP contribution in [0.3, 0.4) is 0 Å². The molecule has 2 rings (SSSR count). The molecule has 0 unspecified atom stereocenters. The van der Waals surface area contributed by atoms with Crippen LogP contribution in [0.5, 0.6) is 0 Å². The molecule has 5 nitrogen and oxygen atoms in total. The van der Waals surface area contributed by atoms with Crippen molar-refractivity contribution in [3.63, 3.8) is 0 Å². The molecule has 0 saturated carbocycles. The second kappa shape index (κ2) is 6.49. The molecule has 1 aromatic carbocycles. The van der Waals surface area contributed by atoms with Gasteiger partial charge in [-0.3, -0.25) is 4.98 Å². The van der Waals surface area contributed by atoms with Crippen molar-refractivity contribution in [2.24, 2.45) is 0 Å². The predicted octanol–water partition coefficient (Wildman–Crippen LogP) is 1.64. The lowest BCUT2D eigenvalue weighted by atomic mass is 10.2. The van der Waals surface area contributed by atoms with Crippen LogP contribution in [0.2, 0.25) is 0 Å². The Bertz CT molecular complexity index is 640. The van der Waals surface area contributed by atoms with E-state index >= 15 is 0 Å². The van der Waals surface area contributed by atoms with Gasteiger partial charge < -0.3 is 5.32 Å². The van der Waals surface area contributed by atoms with Gasteiger partial charge in [-0.2, -0.15) is 0 Å². The van der Waals surface area contributed by atoms with Crippen LogP contribution in [-0.2, 0) is 16.4 Å². The fourth-order valence-electron chi connectivity index (χ4n) is 1.76. The van der Waals surface area contributed by atoms with E-state index in [9.17, 15) is 8.42 Å². The van der Waals surface area contributed by atoms with E-state index in [2.05, 4.69) is 15.0 Å². The number of anilines is 1. The number of nitrogens with one attached hydrogen (secondary N) is 2. The Balaban J connectivity index is 1.96. The average molecular weight is 291 g/mol. The molecule has 0 radical (unpaired) electrons. The molecule has 0 aliphatic heterocycles. The zero-order valence-electron chi connectivity index (χ0n) is 11.2. The maximum Gasteiger partial charge on any atom is 0.240 e. The highest BCUT2D eigenvalue weighted by molar-refractivity contribution is 7.89. The van der Waals surface area contributed by atoms with Crippen molar-refractivity contribution in [2.45, 2.75) is 11.3 Å². The minimum absolute atomic E-state index is 0.266. The van der Waals surface area contributed by atoms with Gasteiger partial charge in [-0.15, -0.1) is 0 Å². The van der Waals surface area contributed by atoms with Gasteiger partial charge in [0.1, 0.15) is 0 Å². The molecular weight excluding hydrogens is 274 g/mol. The number of benzene rings is 1. The first kappa shape index (κ1) is 14.5. The molecule has 1 aromatic heterocycles. The zero-order valence-corrected chi connectivity index (χ0v) is 12.0. The van der Waals surface area contributed by atoms with Crippen LogP contribution in [0.1, 0.15) is 5.56 Å². The number of sulfonamides is 1. The van der Waals surface area contributed by atoms with Crippen molar-refractivity contribution in [3.05, 3.63) is 54.4 Å². The van der Waals surface area contributed by atoms with Crippen molar-refractivity contribution in [3.8, 4) is 0 Å². The third kappa shape index (κ3) is 3.79. The number of nitrogens with zero attached hydrogens (tertiary/aromatic N) is 1. The summed E-state index contributed by atoms with van der Waals surface area (Å²) in [5.41, 5.74) is 1.88. The largest absolute Gasteiger partial charge is 0.388 e. The Kier molecular flexibility index (Phi) is 4.70. The molecule has 0 amide bonds. The van der Waals surface area contributed by atoms with Crippen molar-refractivity contribution in [1.82, 2.24) is 9.71 Å². The highest BCUT2D eigenvalue weighted by Crippen LogP contribution is 2.13. The Morgan fingerprint density at radius 2 is 1.90 bits per heavy atom. The standard InChI is InChI=1S/C14H17N3O2S/c1-15-13-4-6-14(7-5-13)20(18,19)17-10-8-12-3-2-9-16-11-12/h2-7,9,11,15,17H,8,10H2,1H3. The Morgan fingerprint density at radius 3 is 2.50 bits per heavy atom. The zero-order chi connectivity index (χ0) is 14.4. The molecule has 0 aliphatic carbocycles. The highest BCUT2D eigenvalue weighted by Gasteiger charge is 2.12. The van der Waals surface area contributed by atoms with Crippen LogP contribution < -0.4 is 10.0 Å². The summed E-state index contributed by atoms with van der Waals surface area (Å²) in [5.74, 6) is 0. The van der Waals surface area contributed by atoms with Gasteiger partial charge in [0, 0.05) is 31.7 Å². The molecule has 20 heavy (non-hydrogen) atoms. The number of pyridine rings is 1. The van der Waals surface area contributed by atoms with Crippen LogP contribution >= 0.6 is 0 Å². The third-order valence-corrected chi connectivity index (χ3v) is 4.36. The molecule has 0 atom stereocenters. The smallest absolute Gasteiger partial charge is 0.240 e. The molecule has 0 spiro atoms. The first-order chi connectivity index (χ1) is 9.62. The summed E-state index contributed by atoms with van der Waals surface area (Å²) in [6.07, 6.45) is 4.04. The fourth-order valence-corrected chi connectivity index (χ4v) is 2.79. The molecule has 106 valence electrons. The number of aromatic nitrogens is 1. The van der Waals surface area contributed by atoms with E-state index < -0.39 is 10.0 Å². The molecule has 6 heteroatoms. The van der Waals surface area contributed by atoms with Crippen molar-refractivity contribution >= 4 is 15.7 Å². The Hall–Kier alpha value is -1.92. The van der Waals surface area contributed by atoms with Gasteiger partial charge >= 0.3 is 0 Å². The van der Waals surface area contributed by atoms with E-state index in [0.717, 1.165) is 11.3 Å². The highest BCUT2D eigenvalue weighted by atomic mass is 32.2. The minimum atomic E-state index is -3.45. The summed E-state index contributed by atoms with van der Waals surface area (Å²) in [6.45, 7) is 0.349. The normalized spacial score (nSPS) is 11.2. The monoisotopic (exact) mass is 291 g/mol. The minimum Gasteiger partial charge on any atom is -0.388 e. The van der Waals surface area contributed by atoms with Crippen LogP contribution in [-0.4, -0.2) is 27.0 Å². The van der Waals surface area contributed by atoms with Crippen LogP contribution in [0.15, 0.2) is 53.7 Å². The molecule has 0 saturated heterocycles. The van der Waals surface area contributed by atoms with Gasteiger partial charge in [-0.25, -0.2) is 13.1 Å². The van der Waals surface area contributed by atoms with Gasteiger partial charge in [0.2, 0.25) is 10.0 Å². The lowest BCUT2D eigenvalue weighted by Gasteiger charge is -2.07. The third-order valence-electron chi connectivity index (χ3n) is 2.88. The maximum absolute atomic E-state index is 12.1. The van der Waals surface area contributed by atoms with Crippen LogP contribution in [0.25, 0.3) is 0 Å². The number of hydrogen-bond donors (Lipinski definition) is 2. The van der Waals surface area contributed by atoms with Gasteiger partial charge in [0.15, 0.2) is 0 Å². The molecular formula is C14H17N3O2S. The van der Waals surface area contributed by atoms with Crippen molar-refractivity contribution < 1.29 is 8.42 Å². The Morgan fingerprint density at radius 1 is 1.15 bits per heavy atom. The van der Waals surface area contributed by atoms with Gasteiger partial charge in [-0.05, 0) is 42.3 Å². The molecule has 0 fully saturated rings. The summed E-state index contributed by atoms with van der Waals surface area (Å²) in [5, 5.41) is 2.95. The average Bonchev–Trinajstić information content (AvgIpc) is 2.48. The van der Waals surface area contributed by atoms with E-state index in [1.165, 1.54) is 0 Å². The molecule has 1 heterocycles. The van der Waals surface area contributed by atoms with Crippen LogP contribution in [0.4, 0.5) is 5.69 Å². The summed E-state index contributed by atoms with van der Waals surface area (Å²) in [7, 11) is -1.67. The van der Waals surface area contributed by atoms with Gasteiger partial charge in [-0.1, -0.05) is 6.07 Å². The van der Waals surface area contributed by atoms with E-state index in [1.807, 2.05) is 12.1 Å². The summed E-state index contributed by atoms with van der Waals surface area (Å²) in [6, 6.07) is 10.4. The van der Waals surface area contributed by atoms with Crippen molar-refractivity contribution in [2.75, 3.05) is 18.9 Å². The second-order valence-electron chi connectivity index (χ2n) is 4.28. The lowest BCUT2D eigenvalue weighted by molar-refractivity contribution is 0.581. The van der Waals surface area contributed by atoms with Gasteiger partial charge in [0.05, 0.1) is 4.90 Å². The molecule has 0 bridgehead atoms. The maximum atomic E-state index is 12.1.